The van der Waals surface area contributed by atoms with E-state index >= 15 is 0 Å². The Hall–Kier alpha value is -1.40. The number of amides is 1. The number of nitrogens with zero attached hydrogens (tertiary/aromatic N) is 4. The molecule has 0 saturated carbocycles. The lowest BCUT2D eigenvalue weighted by atomic mass is 9.73. The van der Waals surface area contributed by atoms with Gasteiger partial charge in [-0.15, -0.1) is 0 Å². The second kappa shape index (κ2) is 8.32. The van der Waals surface area contributed by atoms with Crippen LogP contribution >= 0.6 is 0 Å². The topological polar surface area (TPSA) is 50.6 Å². The number of methoxy groups -OCH3 is 1. The highest BCUT2D eigenvalue weighted by Crippen LogP contribution is 2.38. The number of hydrogen-bond acceptors (Lipinski definition) is 4. The van der Waals surface area contributed by atoms with Gasteiger partial charge in [0.05, 0.1) is 12.2 Å². The lowest BCUT2D eigenvalue weighted by molar-refractivity contribution is -0.139. The summed E-state index contributed by atoms with van der Waals surface area (Å²) in [5.41, 5.74) is 1.37. The van der Waals surface area contributed by atoms with Crippen molar-refractivity contribution in [2.75, 3.05) is 46.4 Å². The second-order valence-electron chi connectivity index (χ2n) is 7.76. The molecular weight excluding hydrogens is 316 g/mol. The van der Waals surface area contributed by atoms with E-state index in [9.17, 15) is 4.79 Å². The third kappa shape index (κ3) is 4.82. The minimum Gasteiger partial charge on any atom is -0.385 e. The van der Waals surface area contributed by atoms with E-state index in [1.807, 2.05) is 11.6 Å². The maximum absolute atomic E-state index is 12.3. The molecule has 25 heavy (non-hydrogen) atoms. The van der Waals surface area contributed by atoms with Crippen LogP contribution in [0.2, 0.25) is 0 Å². The number of hydrogen-bond donors (Lipinski definition) is 0. The fourth-order valence-electron chi connectivity index (χ4n) is 4.37. The Kier molecular flexibility index (Phi) is 6.12. The maximum atomic E-state index is 12.3. The molecule has 3 rings (SSSR count). The van der Waals surface area contributed by atoms with Gasteiger partial charge < -0.3 is 14.5 Å². The summed E-state index contributed by atoms with van der Waals surface area (Å²) in [6.45, 7) is 8.78. The zero-order valence-corrected chi connectivity index (χ0v) is 15.7. The molecule has 2 saturated heterocycles. The van der Waals surface area contributed by atoms with Crippen LogP contribution < -0.4 is 0 Å². The maximum Gasteiger partial charge on any atom is 0.222 e. The Morgan fingerprint density at radius 3 is 2.88 bits per heavy atom. The van der Waals surface area contributed by atoms with Gasteiger partial charge in [-0.05, 0) is 45.2 Å². The molecule has 1 unspecified atom stereocenters. The van der Waals surface area contributed by atoms with Crippen LogP contribution in [0.1, 0.15) is 37.8 Å². The number of aryl methyl sites for hydroxylation is 1. The Balaban J connectivity index is 1.54. The first kappa shape index (κ1) is 18.4. The highest BCUT2D eigenvalue weighted by molar-refractivity contribution is 5.77. The monoisotopic (exact) mass is 348 g/mol. The van der Waals surface area contributed by atoms with Gasteiger partial charge in [-0.25, -0.2) is 0 Å². The zero-order valence-electron chi connectivity index (χ0n) is 15.7. The summed E-state index contributed by atoms with van der Waals surface area (Å²) in [6.07, 6.45) is 7.23. The van der Waals surface area contributed by atoms with Crippen molar-refractivity contribution in [3.63, 3.8) is 0 Å². The summed E-state index contributed by atoms with van der Waals surface area (Å²) < 4.78 is 7.18. The molecule has 3 heterocycles. The summed E-state index contributed by atoms with van der Waals surface area (Å²) in [5, 5.41) is 4.49. The molecule has 2 aliphatic heterocycles. The minimum atomic E-state index is 0.291. The molecule has 6 heteroatoms. The van der Waals surface area contributed by atoms with E-state index in [0.717, 1.165) is 57.9 Å². The largest absolute Gasteiger partial charge is 0.385 e. The molecule has 2 aliphatic rings. The van der Waals surface area contributed by atoms with Crippen LogP contribution in [0, 0.1) is 12.3 Å². The molecule has 1 aromatic rings. The van der Waals surface area contributed by atoms with Crippen molar-refractivity contribution in [1.29, 1.82) is 0 Å². The van der Waals surface area contributed by atoms with Gasteiger partial charge in [-0.1, -0.05) is 0 Å². The SMILES string of the molecule is COCCCN1CC2(CCCN(CCn3ccc(C)n3)C2)CCC1=O. The fourth-order valence-corrected chi connectivity index (χ4v) is 4.37. The molecule has 0 radical (unpaired) electrons. The van der Waals surface area contributed by atoms with E-state index < -0.39 is 0 Å². The number of piperidine rings is 2. The molecule has 0 N–H and O–H groups in total. The van der Waals surface area contributed by atoms with E-state index in [1.165, 1.54) is 19.4 Å². The number of aromatic nitrogens is 2. The highest BCUT2D eigenvalue weighted by Gasteiger charge is 2.41. The number of carbonyl (C=O) groups is 1. The standard InChI is InChI=1S/C19H32N4O2/c1-17-6-11-23(20-17)13-12-21-9-3-7-19(15-21)8-5-18(24)22(16-19)10-4-14-25-2/h6,11H,3-5,7-10,12-16H2,1-2H3. The van der Waals surface area contributed by atoms with Gasteiger partial charge in [0.1, 0.15) is 0 Å². The lowest BCUT2D eigenvalue weighted by Gasteiger charge is -2.48. The summed E-state index contributed by atoms with van der Waals surface area (Å²) in [5.74, 6) is 0.325. The first-order chi connectivity index (χ1) is 12.1. The lowest BCUT2D eigenvalue weighted by Crippen LogP contribution is -2.54. The molecule has 0 aliphatic carbocycles. The van der Waals surface area contributed by atoms with Crippen molar-refractivity contribution in [2.24, 2.45) is 5.41 Å². The number of carbonyl (C=O) groups excluding carboxylic acids is 1. The normalized spacial score (nSPS) is 25.0. The number of ether oxygens (including phenoxy) is 1. The predicted octanol–water partition coefficient (Wildman–Crippen LogP) is 1.93. The Bertz CT molecular complexity index is 574. The van der Waals surface area contributed by atoms with Crippen LogP contribution in [-0.2, 0) is 16.1 Å². The van der Waals surface area contributed by atoms with Crippen LogP contribution in [0.15, 0.2) is 12.3 Å². The van der Waals surface area contributed by atoms with Gasteiger partial charge >= 0.3 is 0 Å². The Morgan fingerprint density at radius 1 is 1.24 bits per heavy atom. The molecule has 1 spiro atoms. The van der Waals surface area contributed by atoms with E-state index in [2.05, 4.69) is 27.2 Å². The average molecular weight is 348 g/mol. The molecule has 0 aromatic carbocycles. The number of rotatable bonds is 7. The Labute approximate surface area is 151 Å². The molecule has 1 atom stereocenters. The van der Waals surface area contributed by atoms with Gasteiger partial charge in [0.25, 0.3) is 0 Å². The molecule has 0 bridgehead atoms. The van der Waals surface area contributed by atoms with E-state index in [4.69, 9.17) is 4.74 Å². The number of likely N-dealkylation sites (tertiary alicyclic amines) is 2. The smallest absolute Gasteiger partial charge is 0.222 e. The van der Waals surface area contributed by atoms with Crippen molar-refractivity contribution >= 4 is 5.91 Å². The van der Waals surface area contributed by atoms with Crippen LogP contribution in [-0.4, -0.2) is 71.9 Å². The van der Waals surface area contributed by atoms with E-state index in [-0.39, 0.29) is 0 Å². The fraction of sp³-hybridized carbons (Fsp3) is 0.789. The van der Waals surface area contributed by atoms with Crippen LogP contribution in [0.5, 0.6) is 0 Å². The van der Waals surface area contributed by atoms with Crippen molar-refractivity contribution in [3.8, 4) is 0 Å². The quantitative estimate of drug-likeness (QED) is 0.707. The molecule has 2 fully saturated rings. The highest BCUT2D eigenvalue weighted by atomic mass is 16.5. The van der Waals surface area contributed by atoms with Crippen molar-refractivity contribution in [3.05, 3.63) is 18.0 Å². The average Bonchev–Trinajstić information content (AvgIpc) is 3.02. The minimum absolute atomic E-state index is 0.291. The van der Waals surface area contributed by atoms with E-state index in [0.29, 0.717) is 17.7 Å². The van der Waals surface area contributed by atoms with Crippen LogP contribution in [0.25, 0.3) is 0 Å². The summed E-state index contributed by atoms with van der Waals surface area (Å²) in [6, 6.07) is 2.06. The summed E-state index contributed by atoms with van der Waals surface area (Å²) >= 11 is 0. The molecule has 1 amide bonds. The summed E-state index contributed by atoms with van der Waals surface area (Å²) in [7, 11) is 1.72. The first-order valence-electron chi connectivity index (χ1n) is 9.59. The third-order valence-corrected chi connectivity index (χ3v) is 5.68. The van der Waals surface area contributed by atoms with E-state index in [1.54, 1.807) is 7.11 Å². The molecule has 140 valence electrons. The zero-order chi connectivity index (χ0) is 17.7. The predicted molar refractivity (Wildman–Crippen MR) is 97.4 cm³/mol. The van der Waals surface area contributed by atoms with Gasteiger partial charge in [0, 0.05) is 57.9 Å². The van der Waals surface area contributed by atoms with Crippen LogP contribution in [0.4, 0.5) is 0 Å². The third-order valence-electron chi connectivity index (χ3n) is 5.68. The Morgan fingerprint density at radius 2 is 2.12 bits per heavy atom. The van der Waals surface area contributed by atoms with Crippen LogP contribution in [0.3, 0.4) is 0 Å². The molecule has 6 nitrogen and oxygen atoms in total. The van der Waals surface area contributed by atoms with Crippen molar-refractivity contribution in [2.45, 2.75) is 45.6 Å². The van der Waals surface area contributed by atoms with Crippen molar-refractivity contribution in [1.82, 2.24) is 19.6 Å². The first-order valence-corrected chi connectivity index (χ1v) is 9.59. The van der Waals surface area contributed by atoms with Gasteiger partial charge in [0.2, 0.25) is 5.91 Å². The summed E-state index contributed by atoms with van der Waals surface area (Å²) in [4.78, 5) is 16.9. The van der Waals surface area contributed by atoms with Gasteiger partial charge in [0.15, 0.2) is 0 Å². The second-order valence-corrected chi connectivity index (χ2v) is 7.76. The van der Waals surface area contributed by atoms with Gasteiger partial charge in [-0.2, -0.15) is 5.10 Å². The van der Waals surface area contributed by atoms with Crippen molar-refractivity contribution < 1.29 is 9.53 Å². The van der Waals surface area contributed by atoms with Gasteiger partial charge in [-0.3, -0.25) is 9.48 Å². The molecule has 1 aromatic heterocycles. The molecular formula is C19H32N4O2.